The molecule has 13 heavy (non-hydrogen) atoms. The van der Waals surface area contributed by atoms with Gasteiger partial charge in [-0.2, -0.15) is 5.10 Å². The van der Waals surface area contributed by atoms with E-state index in [4.69, 9.17) is 4.74 Å². The van der Waals surface area contributed by atoms with Crippen LogP contribution in [0.25, 0.3) is 0 Å². The molecule has 0 atom stereocenters. The zero-order valence-electron chi connectivity index (χ0n) is 7.19. The molecule has 0 aromatic carbocycles. The van der Waals surface area contributed by atoms with Crippen molar-refractivity contribution >= 4 is 6.29 Å². The van der Waals surface area contributed by atoms with Gasteiger partial charge in [0.25, 0.3) is 0 Å². The maximum absolute atomic E-state index is 10.9. The minimum atomic E-state index is 0.478. The summed E-state index contributed by atoms with van der Waals surface area (Å²) in [6.07, 6.45) is 3.21. The molecule has 0 N–H and O–H groups in total. The van der Waals surface area contributed by atoms with Crippen LogP contribution in [0.15, 0.2) is 0 Å². The Morgan fingerprint density at radius 2 is 2.31 bits per heavy atom. The van der Waals surface area contributed by atoms with Gasteiger partial charge in [0, 0.05) is 5.56 Å². The van der Waals surface area contributed by atoms with Gasteiger partial charge in [-0.05, 0) is 12.8 Å². The zero-order chi connectivity index (χ0) is 8.84. The van der Waals surface area contributed by atoms with Crippen molar-refractivity contribution in [2.45, 2.75) is 32.1 Å². The molecule has 0 bridgehead atoms. The molecule has 1 saturated carbocycles. The highest BCUT2D eigenvalue weighted by atomic mass is 16.5. The number of rotatable bonds is 2. The highest BCUT2D eigenvalue weighted by molar-refractivity contribution is 5.75. The van der Waals surface area contributed by atoms with Crippen LogP contribution in [0.4, 0.5) is 0 Å². The van der Waals surface area contributed by atoms with Gasteiger partial charge in [0.05, 0.1) is 24.9 Å². The molecule has 0 radical (unpaired) electrons. The van der Waals surface area contributed by atoms with Crippen molar-refractivity contribution in [2.24, 2.45) is 0 Å². The Hall–Kier alpha value is -1.16. The molecule has 2 aliphatic rings. The van der Waals surface area contributed by atoms with E-state index in [9.17, 15) is 4.79 Å². The van der Waals surface area contributed by atoms with Crippen molar-refractivity contribution in [1.29, 1.82) is 0 Å². The van der Waals surface area contributed by atoms with Crippen LogP contribution in [0.5, 0.6) is 0 Å². The lowest BCUT2D eigenvalue weighted by atomic mass is 10.2. The van der Waals surface area contributed by atoms with Crippen LogP contribution >= 0.6 is 0 Å². The smallest absolute Gasteiger partial charge is 0.168 e. The number of hydrogen-bond donors (Lipinski definition) is 0. The number of aromatic nitrogens is 2. The molecule has 1 aromatic rings. The van der Waals surface area contributed by atoms with Gasteiger partial charge in [-0.25, -0.2) is 0 Å². The van der Waals surface area contributed by atoms with E-state index in [0.29, 0.717) is 19.3 Å². The first-order chi connectivity index (χ1) is 6.40. The second kappa shape index (κ2) is 2.42. The summed E-state index contributed by atoms with van der Waals surface area (Å²) in [5.74, 6) is 0. The van der Waals surface area contributed by atoms with E-state index >= 15 is 0 Å². The molecule has 2 heterocycles. The molecule has 0 saturated heterocycles. The number of fused-ring (bicyclic) bond motifs is 1. The van der Waals surface area contributed by atoms with Gasteiger partial charge in [0.1, 0.15) is 5.69 Å². The number of hydrogen-bond acceptors (Lipinski definition) is 3. The highest BCUT2D eigenvalue weighted by Gasteiger charge is 2.31. The molecule has 3 rings (SSSR count). The second-order valence-corrected chi connectivity index (χ2v) is 3.60. The monoisotopic (exact) mass is 178 g/mol. The SMILES string of the molecule is O=Cc1c2c(nn1C1CC1)COC2. The molecule has 0 amide bonds. The number of ether oxygens (including phenoxy) is 1. The average Bonchev–Trinajstić information content (AvgIpc) is 2.76. The maximum Gasteiger partial charge on any atom is 0.168 e. The Morgan fingerprint density at radius 1 is 1.46 bits per heavy atom. The van der Waals surface area contributed by atoms with Gasteiger partial charge in [-0.1, -0.05) is 0 Å². The van der Waals surface area contributed by atoms with Gasteiger partial charge in [-0.3, -0.25) is 9.48 Å². The first-order valence-electron chi connectivity index (χ1n) is 4.53. The van der Waals surface area contributed by atoms with Crippen LogP contribution < -0.4 is 0 Å². The Kier molecular flexibility index (Phi) is 1.35. The molecule has 0 spiro atoms. The summed E-state index contributed by atoms with van der Waals surface area (Å²) in [7, 11) is 0. The lowest BCUT2D eigenvalue weighted by Gasteiger charge is -2.01. The molecule has 1 aliphatic heterocycles. The van der Waals surface area contributed by atoms with Gasteiger partial charge in [0.2, 0.25) is 0 Å². The zero-order valence-corrected chi connectivity index (χ0v) is 7.19. The van der Waals surface area contributed by atoms with Crippen LogP contribution in [0.2, 0.25) is 0 Å². The van der Waals surface area contributed by atoms with E-state index in [1.807, 2.05) is 4.68 Å². The fraction of sp³-hybridized carbons (Fsp3) is 0.556. The molecule has 1 fully saturated rings. The van der Waals surface area contributed by atoms with Crippen molar-refractivity contribution in [3.8, 4) is 0 Å². The minimum Gasteiger partial charge on any atom is -0.370 e. The molecular weight excluding hydrogens is 168 g/mol. The predicted octanol–water partition coefficient (Wildman–Crippen LogP) is 1.06. The quantitative estimate of drug-likeness (QED) is 0.636. The molecule has 4 nitrogen and oxygen atoms in total. The Morgan fingerprint density at radius 3 is 3.00 bits per heavy atom. The Bertz CT molecular complexity index is 366. The first-order valence-corrected chi connectivity index (χ1v) is 4.53. The van der Waals surface area contributed by atoms with Crippen LogP contribution in [0.1, 0.15) is 40.6 Å². The highest BCUT2D eigenvalue weighted by Crippen LogP contribution is 2.37. The topological polar surface area (TPSA) is 44.1 Å². The van der Waals surface area contributed by atoms with E-state index < -0.39 is 0 Å². The van der Waals surface area contributed by atoms with Crippen molar-refractivity contribution in [1.82, 2.24) is 9.78 Å². The van der Waals surface area contributed by atoms with E-state index in [1.165, 1.54) is 0 Å². The lowest BCUT2D eigenvalue weighted by Crippen LogP contribution is -2.03. The van der Waals surface area contributed by atoms with Crippen LogP contribution in [0.3, 0.4) is 0 Å². The van der Waals surface area contributed by atoms with E-state index in [2.05, 4.69) is 5.10 Å². The standard InChI is InChI=1S/C9H10N2O2/c12-3-9-7-4-13-5-8(7)10-11(9)6-1-2-6/h3,6H,1-2,4-5H2. The third kappa shape index (κ3) is 0.951. The molecule has 1 aliphatic carbocycles. The predicted molar refractivity (Wildman–Crippen MR) is 44.4 cm³/mol. The largest absolute Gasteiger partial charge is 0.370 e. The lowest BCUT2D eigenvalue weighted by molar-refractivity contribution is 0.109. The molecule has 1 aromatic heterocycles. The van der Waals surface area contributed by atoms with E-state index in [-0.39, 0.29) is 0 Å². The average molecular weight is 178 g/mol. The van der Waals surface area contributed by atoms with Crippen molar-refractivity contribution in [3.63, 3.8) is 0 Å². The first kappa shape index (κ1) is 7.26. The Labute approximate surface area is 75.5 Å². The van der Waals surface area contributed by atoms with Crippen LogP contribution in [-0.2, 0) is 18.0 Å². The number of aldehydes is 1. The number of carbonyl (C=O) groups is 1. The van der Waals surface area contributed by atoms with Crippen LogP contribution in [0, 0.1) is 0 Å². The van der Waals surface area contributed by atoms with Gasteiger partial charge >= 0.3 is 0 Å². The third-order valence-corrected chi connectivity index (χ3v) is 2.62. The van der Waals surface area contributed by atoms with Crippen molar-refractivity contribution in [3.05, 3.63) is 17.0 Å². The second-order valence-electron chi connectivity index (χ2n) is 3.60. The third-order valence-electron chi connectivity index (χ3n) is 2.62. The van der Waals surface area contributed by atoms with Gasteiger partial charge in [-0.15, -0.1) is 0 Å². The normalized spacial score (nSPS) is 20.3. The van der Waals surface area contributed by atoms with Crippen LogP contribution in [-0.4, -0.2) is 16.1 Å². The molecular formula is C9H10N2O2. The fourth-order valence-electron chi connectivity index (χ4n) is 1.78. The van der Waals surface area contributed by atoms with Crippen molar-refractivity contribution in [2.75, 3.05) is 0 Å². The molecule has 0 unspecified atom stereocenters. The summed E-state index contributed by atoms with van der Waals surface area (Å²) < 4.78 is 7.09. The summed E-state index contributed by atoms with van der Waals surface area (Å²) in [6.45, 7) is 1.12. The van der Waals surface area contributed by atoms with Crippen molar-refractivity contribution < 1.29 is 9.53 Å². The number of carbonyl (C=O) groups excluding carboxylic acids is 1. The minimum absolute atomic E-state index is 0.478. The van der Waals surface area contributed by atoms with Gasteiger partial charge in [0.15, 0.2) is 6.29 Å². The fourth-order valence-corrected chi connectivity index (χ4v) is 1.78. The maximum atomic E-state index is 10.9. The molecule has 4 heteroatoms. The summed E-state index contributed by atoms with van der Waals surface area (Å²) in [5, 5.41) is 4.38. The molecule has 68 valence electrons. The summed E-state index contributed by atoms with van der Waals surface area (Å²) in [6, 6.07) is 0.478. The Balaban J connectivity index is 2.14. The summed E-state index contributed by atoms with van der Waals surface area (Å²) in [4.78, 5) is 10.9. The van der Waals surface area contributed by atoms with E-state index in [1.54, 1.807) is 0 Å². The van der Waals surface area contributed by atoms with Gasteiger partial charge < -0.3 is 4.74 Å². The summed E-state index contributed by atoms with van der Waals surface area (Å²) in [5.41, 5.74) is 2.69. The number of nitrogens with zero attached hydrogens (tertiary/aromatic N) is 2. The van der Waals surface area contributed by atoms with E-state index in [0.717, 1.165) is 36.1 Å². The summed E-state index contributed by atoms with van der Waals surface area (Å²) >= 11 is 0.